The Labute approximate surface area is 182 Å². The molecule has 0 aliphatic rings. The lowest BCUT2D eigenvalue weighted by molar-refractivity contribution is 0.0245. The zero-order valence-corrected chi connectivity index (χ0v) is 18.3. The maximum atomic E-state index is 12.8. The molecule has 3 rings (SSSR count). The molecule has 1 N–H and O–H groups in total. The van der Waals surface area contributed by atoms with Gasteiger partial charge in [0.05, 0.1) is 12.2 Å². The molecule has 0 aliphatic heterocycles. The van der Waals surface area contributed by atoms with Crippen LogP contribution in [-0.2, 0) is 11.3 Å². The van der Waals surface area contributed by atoms with Crippen molar-refractivity contribution < 1.29 is 14.3 Å². The Balaban J connectivity index is 1.74. The Kier molecular flexibility index (Phi) is 6.74. The van der Waals surface area contributed by atoms with Crippen molar-refractivity contribution in [2.24, 2.45) is 0 Å². The summed E-state index contributed by atoms with van der Waals surface area (Å²) in [6.07, 6.45) is 1.36. The number of nitrogens with zero attached hydrogens (tertiary/aromatic N) is 3. The van der Waals surface area contributed by atoms with E-state index >= 15 is 0 Å². The van der Waals surface area contributed by atoms with Crippen LogP contribution >= 0.6 is 0 Å². The number of aromatic nitrogens is 2. The number of ether oxygens (including phenoxy) is 1. The van der Waals surface area contributed by atoms with Crippen molar-refractivity contribution in [2.45, 2.75) is 39.8 Å². The lowest BCUT2D eigenvalue weighted by Gasteiger charge is -2.27. The number of rotatable bonds is 6. The molecule has 162 valence electrons. The first-order chi connectivity index (χ1) is 14.8. The molecule has 0 spiro atoms. The van der Waals surface area contributed by atoms with E-state index in [1.54, 1.807) is 21.8 Å². The fourth-order valence-corrected chi connectivity index (χ4v) is 2.97. The second-order valence-electron chi connectivity index (χ2n) is 8.09. The van der Waals surface area contributed by atoms with Gasteiger partial charge in [-0.05, 0) is 57.5 Å². The van der Waals surface area contributed by atoms with Crippen LogP contribution in [0.4, 0.5) is 10.5 Å². The molecule has 0 bridgehead atoms. The van der Waals surface area contributed by atoms with E-state index in [0.717, 1.165) is 11.3 Å². The average molecular weight is 421 g/mol. The number of anilines is 1. The predicted molar refractivity (Wildman–Crippen MR) is 120 cm³/mol. The normalized spacial score (nSPS) is 11.1. The minimum Gasteiger partial charge on any atom is -0.444 e. The number of hydrogen-bond acceptors (Lipinski definition) is 4. The van der Waals surface area contributed by atoms with Gasteiger partial charge in [-0.15, -0.1) is 0 Å². The summed E-state index contributed by atoms with van der Waals surface area (Å²) >= 11 is 0. The molecular weight excluding hydrogens is 392 g/mol. The molecule has 0 aliphatic carbocycles. The molecule has 3 aromatic rings. The molecule has 2 aromatic carbocycles. The molecule has 0 unspecified atom stereocenters. The molecule has 2 amide bonds. The van der Waals surface area contributed by atoms with E-state index in [4.69, 9.17) is 4.74 Å². The summed E-state index contributed by atoms with van der Waals surface area (Å²) in [5.41, 5.74) is 2.04. The lowest BCUT2D eigenvalue weighted by atomic mass is 10.1. The van der Waals surface area contributed by atoms with Crippen LogP contribution in [0.2, 0.25) is 0 Å². The molecule has 0 radical (unpaired) electrons. The summed E-state index contributed by atoms with van der Waals surface area (Å²) in [6.45, 7) is 8.20. The fourth-order valence-electron chi connectivity index (χ4n) is 2.97. The van der Waals surface area contributed by atoms with Crippen LogP contribution in [0.5, 0.6) is 0 Å². The topological polar surface area (TPSA) is 76.5 Å². The Morgan fingerprint density at radius 3 is 2.39 bits per heavy atom. The van der Waals surface area contributed by atoms with Crippen molar-refractivity contribution >= 4 is 17.7 Å². The summed E-state index contributed by atoms with van der Waals surface area (Å²) in [5, 5.41) is 7.29. The van der Waals surface area contributed by atoms with E-state index in [0.29, 0.717) is 24.5 Å². The zero-order valence-electron chi connectivity index (χ0n) is 18.3. The van der Waals surface area contributed by atoms with Crippen LogP contribution in [0.15, 0.2) is 66.9 Å². The molecule has 1 aromatic heterocycles. The number of carbonyl (C=O) groups excluding carboxylic acids is 2. The Hall–Kier alpha value is -3.61. The SMILES string of the molecule is CCN(Cc1ccccc1NC(=O)c1ccn(-c2ccccc2)n1)C(=O)OC(C)(C)C. The van der Waals surface area contributed by atoms with Crippen LogP contribution in [-0.4, -0.2) is 38.8 Å². The summed E-state index contributed by atoms with van der Waals surface area (Å²) in [4.78, 5) is 26.9. The van der Waals surface area contributed by atoms with Gasteiger partial charge >= 0.3 is 6.09 Å². The van der Waals surface area contributed by atoms with Crippen LogP contribution in [0.25, 0.3) is 5.69 Å². The molecule has 0 fully saturated rings. The highest BCUT2D eigenvalue weighted by Gasteiger charge is 2.22. The number of hydrogen-bond donors (Lipinski definition) is 1. The van der Waals surface area contributed by atoms with Gasteiger partial charge in [0.25, 0.3) is 5.91 Å². The smallest absolute Gasteiger partial charge is 0.410 e. The highest BCUT2D eigenvalue weighted by Crippen LogP contribution is 2.20. The van der Waals surface area contributed by atoms with Crippen molar-refractivity contribution in [1.82, 2.24) is 14.7 Å². The van der Waals surface area contributed by atoms with E-state index in [2.05, 4.69) is 10.4 Å². The monoisotopic (exact) mass is 420 g/mol. The minimum atomic E-state index is -0.574. The first-order valence-electron chi connectivity index (χ1n) is 10.2. The lowest BCUT2D eigenvalue weighted by Crippen LogP contribution is -2.36. The van der Waals surface area contributed by atoms with Crippen molar-refractivity contribution in [3.63, 3.8) is 0 Å². The molecule has 31 heavy (non-hydrogen) atoms. The second-order valence-corrected chi connectivity index (χ2v) is 8.09. The van der Waals surface area contributed by atoms with Gasteiger partial charge < -0.3 is 15.0 Å². The fraction of sp³-hybridized carbons (Fsp3) is 0.292. The van der Waals surface area contributed by atoms with E-state index in [-0.39, 0.29) is 5.91 Å². The van der Waals surface area contributed by atoms with Crippen molar-refractivity contribution in [3.8, 4) is 5.69 Å². The van der Waals surface area contributed by atoms with Gasteiger partial charge in [-0.1, -0.05) is 36.4 Å². The van der Waals surface area contributed by atoms with Gasteiger partial charge in [0.2, 0.25) is 0 Å². The third-order valence-electron chi connectivity index (χ3n) is 4.50. The van der Waals surface area contributed by atoms with E-state index < -0.39 is 11.7 Å². The first kappa shape index (κ1) is 22.1. The predicted octanol–water partition coefficient (Wildman–Crippen LogP) is 4.88. The third kappa shape index (κ3) is 5.94. The van der Waals surface area contributed by atoms with E-state index in [1.807, 2.05) is 82.3 Å². The number of para-hydroxylation sites is 2. The molecule has 0 atom stereocenters. The maximum absolute atomic E-state index is 12.8. The number of carbonyl (C=O) groups is 2. The van der Waals surface area contributed by atoms with Crippen LogP contribution in [0.3, 0.4) is 0 Å². The molecular formula is C24H28N4O3. The van der Waals surface area contributed by atoms with Crippen LogP contribution < -0.4 is 5.32 Å². The van der Waals surface area contributed by atoms with E-state index in [1.165, 1.54) is 0 Å². The summed E-state index contributed by atoms with van der Waals surface area (Å²) in [5.74, 6) is -0.317. The molecule has 7 nitrogen and oxygen atoms in total. The Bertz CT molecular complexity index is 1040. The number of amides is 2. The first-order valence-corrected chi connectivity index (χ1v) is 10.2. The summed E-state index contributed by atoms with van der Waals surface area (Å²) in [6, 6.07) is 18.7. The maximum Gasteiger partial charge on any atom is 0.410 e. The van der Waals surface area contributed by atoms with Gasteiger partial charge in [-0.3, -0.25) is 4.79 Å². The number of nitrogens with one attached hydrogen (secondary N) is 1. The summed E-state index contributed by atoms with van der Waals surface area (Å²) < 4.78 is 7.14. The quantitative estimate of drug-likeness (QED) is 0.616. The van der Waals surface area contributed by atoms with E-state index in [9.17, 15) is 9.59 Å². The summed E-state index contributed by atoms with van der Waals surface area (Å²) in [7, 11) is 0. The molecule has 7 heteroatoms. The standard InChI is InChI=1S/C24H28N4O3/c1-5-27(23(30)31-24(2,3)4)17-18-11-9-10-14-20(18)25-22(29)21-15-16-28(26-21)19-12-7-6-8-13-19/h6-16H,5,17H2,1-4H3,(H,25,29). The highest BCUT2D eigenvalue weighted by molar-refractivity contribution is 6.03. The van der Waals surface area contributed by atoms with Gasteiger partial charge in [-0.25, -0.2) is 9.48 Å². The third-order valence-corrected chi connectivity index (χ3v) is 4.50. The van der Waals surface area contributed by atoms with Crippen LogP contribution in [0, 0.1) is 0 Å². The minimum absolute atomic E-state index is 0.304. The molecule has 0 saturated carbocycles. The Morgan fingerprint density at radius 1 is 1.03 bits per heavy atom. The Morgan fingerprint density at radius 2 is 1.71 bits per heavy atom. The second kappa shape index (κ2) is 9.47. The zero-order chi connectivity index (χ0) is 22.4. The van der Waals surface area contributed by atoms with Crippen molar-refractivity contribution in [2.75, 3.05) is 11.9 Å². The van der Waals surface area contributed by atoms with Crippen molar-refractivity contribution in [3.05, 3.63) is 78.1 Å². The van der Waals surface area contributed by atoms with Gasteiger partial charge in [-0.2, -0.15) is 5.10 Å². The van der Waals surface area contributed by atoms with Gasteiger partial charge in [0, 0.05) is 18.4 Å². The van der Waals surface area contributed by atoms with Gasteiger partial charge in [0.15, 0.2) is 5.69 Å². The largest absolute Gasteiger partial charge is 0.444 e. The average Bonchev–Trinajstić information content (AvgIpc) is 3.23. The van der Waals surface area contributed by atoms with Crippen LogP contribution in [0.1, 0.15) is 43.7 Å². The molecule has 0 saturated heterocycles. The number of benzene rings is 2. The van der Waals surface area contributed by atoms with Crippen molar-refractivity contribution in [1.29, 1.82) is 0 Å². The van der Waals surface area contributed by atoms with Gasteiger partial charge in [0.1, 0.15) is 5.60 Å². The highest BCUT2D eigenvalue weighted by atomic mass is 16.6. The molecule has 1 heterocycles.